The van der Waals surface area contributed by atoms with Crippen molar-refractivity contribution >= 4 is 0 Å². The van der Waals surface area contributed by atoms with E-state index in [0.29, 0.717) is 12.4 Å². The Balaban J connectivity index is 2.39. The fraction of sp³-hybridized carbons (Fsp3) is 0.222. The van der Waals surface area contributed by atoms with Crippen LogP contribution in [0, 0.1) is 0 Å². The van der Waals surface area contributed by atoms with Gasteiger partial charge in [0.15, 0.2) is 11.6 Å². The standard InChI is InChI=1S/C9H11N5/c1-14-3-2-11-9(14)8-12-5-7(4-10)6-13-8/h2-3,5-6H,4,10H2,1H3. The summed E-state index contributed by atoms with van der Waals surface area (Å²) >= 11 is 0. The van der Waals surface area contributed by atoms with Crippen molar-refractivity contribution < 1.29 is 0 Å². The lowest BCUT2D eigenvalue weighted by Crippen LogP contribution is -2.01. The predicted octanol–water partition coefficient (Wildman–Crippen LogP) is 0.336. The van der Waals surface area contributed by atoms with Gasteiger partial charge in [-0.2, -0.15) is 0 Å². The van der Waals surface area contributed by atoms with Gasteiger partial charge in [0.05, 0.1) is 0 Å². The van der Waals surface area contributed by atoms with Crippen LogP contribution < -0.4 is 5.73 Å². The van der Waals surface area contributed by atoms with Crippen LogP contribution in [-0.4, -0.2) is 19.5 Å². The van der Waals surface area contributed by atoms with Crippen LogP contribution in [0.2, 0.25) is 0 Å². The molecule has 0 aromatic carbocycles. The molecule has 0 aliphatic rings. The zero-order valence-corrected chi connectivity index (χ0v) is 7.88. The van der Waals surface area contributed by atoms with Crippen LogP contribution in [0.1, 0.15) is 5.56 Å². The van der Waals surface area contributed by atoms with Gasteiger partial charge in [-0.3, -0.25) is 0 Å². The van der Waals surface area contributed by atoms with E-state index in [4.69, 9.17) is 5.73 Å². The maximum absolute atomic E-state index is 5.45. The highest BCUT2D eigenvalue weighted by molar-refractivity contribution is 5.42. The van der Waals surface area contributed by atoms with Crippen molar-refractivity contribution in [3.63, 3.8) is 0 Å². The van der Waals surface area contributed by atoms with Crippen molar-refractivity contribution in [3.05, 3.63) is 30.4 Å². The van der Waals surface area contributed by atoms with E-state index >= 15 is 0 Å². The number of nitrogens with two attached hydrogens (primary N) is 1. The Morgan fingerprint density at radius 2 is 2.00 bits per heavy atom. The normalized spacial score (nSPS) is 10.4. The van der Waals surface area contributed by atoms with Crippen molar-refractivity contribution in [2.75, 3.05) is 0 Å². The third-order valence-corrected chi connectivity index (χ3v) is 1.96. The fourth-order valence-corrected chi connectivity index (χ4v) is 1.16. The lowest BCUT2D eigenvalue weighted by molar-refractivity contribution is 0.900. The molecule has 0 unspecified atom stereocenters. The second-order valence-electron chi connectivity index (χ2n) is 2.98. The van der Waals surface area contributed by atoms with Gasteiger partial charge in [0.2, 0.25) is 0 Å². The third-order valence-electron chi connectivity index (χ3n) is 1.96. The minimum atomic E-state index is 0.459. The van der Waals surface area contributed by atoms with Crippen molar-refractivity contribution in [3.8, 4) is 11.6 Å². The highest BCUT2D eigenvalue weighted by atomic mass is 15.1. The summed E-state index contributed by atoms with van der Waals surface area (Å²) in [6.07, 6.45) is 7.01. The highest BCUT2D eigenvalue weighted by Crippen LogP contribution is 2.09. The molecule has 0 aliphatic carbocycles. The zero-order valence-electron chi connectivity index (χ0n) is 7.88. The predicted molar refractivity (Wildman–Crippen MR) is 52.1 cm³/mol. The average Bonchev–Trinajstić information content (AvgIpc) is 2.65. The van der Waals surface area contributed by atoms with Crippen LogP contribution in [0.4, 0.5) is 0 Å². The molecule has 0 bridgehead atoms. The monoisotopic (exact) mass is 189 g/mol. The first-order valence-electron chi connectivity index (χ1n) is 4.30. The van der Waals surface area contributed by atoms with E-state index in [0.717, 1.165) is 11.4 Å². The number of imidazole rings is 1. The Hall–Kier alpha value is -1.75. The van der Waals surface area contributed by atoms with E-state index in [1.807, 2.05) is 17.8 Å². The number of aryl methyl sites for hydroxylation is 1. The molecule has 0 saturated carbocycles. The first-order chi connectivity index (χ1) is 6.81. The van der Waals surface area contributed by atoms with Crippen molar-refractivity contribution in [2.24, 2.45) is 12.8 Å². The number of hydrogen-bond acceptors (Lipinski definition) is 4. The molecule has 2 N–H and O–H groups in total. The molecule has 2 heterocycles. The second kappa shape index (κ2) is 3.55. The van der Waals surface area contributed by atoms with Crippen LogP contribution in [0.5, 0.6) is 0 Å². The highest BCUT2D eigenvalue weighted by Gasteiger charge is 2.05. The van der Waals surface area contributed by atoms with Crippen LogP contribution >= 0.6 is 0 Å². The van der Waals surface area contributed by atoms with E-state index in [1.165, 1.54) is 0 Å². The van der Waals surface area contributed by atoms with Gasteiger partial charge in [-0.05, 0) is 0 Å². The summed E-state index contributed by atoms with van der Waals surface area (Å²) in [5.74, 6) is 1.38. The molecule has 5 nitrogen and oxygen atoms in total. The minimum absolute atomic E-state index is 0.459. The molecule has 2 aromatic rings. The Morgan fingerprint density at radius 1 is 1.29 bits per heavy atom. The third kappa shape index (κ3) is 1.49. The minimum Gasteiger partial charge on any atom is -0.331 e. The SMILES string of the molecule is Cn1ccnc1-c1ncc(CN)cn1. The maximum atomic E-state index is 5.45. The molecular weight excluding hydrogens is 178 g/mol. The Labute approximate surface area is 81.6 Å². The zero-order chi connectivity index (χ0) is 9.97. The molecule has 2 aromatic heterocycles. The average molecular weight is 189 g/mol. The summed E-state index contributed by atoms with van der Waals surface area (Å²) in [7, 11) is 1.91. The molecule has 72 valence electrons. The van der Waals surface area contributed by atoms with E-state index in [1.54, 1.807) is 18.6 Å². The smallest absolute Gasteiger partial charge is 0.195 e. The Bertz CT molecular complexity index is 417. The molecule has 0 saturated heterocycles. The molecule has 0 amide bonds. The first-order valence-corrected chi connectivity index (χ1v) is 4.30. The summed E-state index contributed by atoms with van der Waals surface area (Å²) in [6, 6.07) is 0. The van der Waals surface area contributed by atoms with Gasteiger partial charge in [-0.25, -0.2) is 15.0 Å². The largest absolute Gasteiger partial charge is 0.331 e. The second-order valence-corrected chi connectivity index (χ2v) is 2.98. The molecular formula is C9H11N5. The van der Waals surface area contributed by atoms with Crippen molar-refractivity contribution in [1.82, 2.24) is 19.5 Å². The van der Waals surface area contributed by atoms with E-state index in [2.05, 4.69) is 15.0 Å². The summed E-state index contributed by atoms with van der Waals surface area (Å²) in [4.78, 5) is 12.5. The van der Waals surface area contributed by atoms with E-state index in [9.17, 15) is 0 Å². The van der Waals surface area contributed by atoms with Gasteiger partial charge in [-0.1, -0.05) is 0 Å². The van der Waals surface area contributed by atoms with Gasteiger partial charge in [0, 0.05) is 43.9 Å². The van der Waals surface area contributed by atoms with Gasteiger partial charge in [0.25, 0.3) is 0 Å². The van der Waals surface area contributed by atoms with Gasteiger partial charge < -0.3 is 10.3 Å². The van der Waals surface area contributed by atoms with Crippen LogP contribution in [0.3, 0.4) is 0 Å². The van der Waals surface area contributed by atoms with Crippen LogP contribution in [0.25, 0.3) is 11.6 Å². The quantitative estimate of drug-likeness (QED) is 0.739. The molecule has 0 fully saturated rings. The molecule has 0 radical (unpaired) electrons. The Kier molecular flexibility index (Phi) is 2.24. The number of rotatable bonds is 2. The topological polar surface area (TPSA) is 69.6 Å². The van der Waals surface area contributed by atoms with Gasteiger partial charge in [-0.15, -0.1) is 0 Å². The van der Waals surface area contributed by atoms with Crippen molar-refractivity contribution in [2.45, 2.75) is 6.54 Å². The molecule has 5 heteroatoms. The summed E-state index contributed by atoms with van der Waals surface area (Å²) in [6.45, 7) is 0.459. The fourth-order valence-electron chi connectivity index (χ4n) is 1.16. The van der Waals surface area contributed by atoms with E-state index in [-0.39, 0.29) is 0 Å². The summed E-state index contributed by atoms with van der Waals surface area (Å²) in [5, 5.41) is 0. The summed E-state index contributed by atoms with van der Waals surface area (Å²) in [5.41, 5.74) is 6.37. The number of nitrogens with zero attached hydrogens (tertiary/aromatic N) is 4. The molecule has 0 aliphatic heterocycles. The van der Waals surface area contributed by atoms with Gasteiger partial charge >= 0.3 is 0 Å². The summed E-state index contributed by atoms with van der Waals surface area (Å²) < 4.78 is 1.87. The lowest BCUT2D eigenvalue weighted by atomic mass is 10.3. The maximum Gasteiger partial charge on any atom is 0.195 e. The van der Waals surface area contributed by atoms with Crippen LogP contribution in [0.15, 0.2) is 24.8 Å². The molecule has 0 atom stereocenters. The molecule has 0 spiro atoms. The number of hydrogen-bond donors (Lipinski definition) is 1. The Morgan fingerprint density at radius 3 is 2.50 bits per heavy atom. The van der Waals surface area contributed by atoms with E-state index < -0.39 is 0 Å². The van der Waals surface area contributed by atoms with Gasteiger partial charge in [0.1, 0.15) is 0 Å². The van der Waals surface area contributed by atoms with Crippen molar-refractivity contribution in [1.29, 1.82) is 0 Å². The molecule has 2 rings (SSSR count). The lowest BCUT2D eigenvalue weighted by Gasteiger charge is -2.00. The van der Waals surface area contributed by atoms with Crippen LogP contribution in [-0.2, 0) is 13.6 Å². The molecule has 14 heavy (non-hydrogen) atoms. The first kappa shape index (κ1) is 8.83. The number of aromatic nitrogens is 4.